The molecule has 1 aromatic heterocycles. The van der Waals surface area contributed by atoms with Crippen molar-refractivity contribution in [3.8, 4) is 11.3 Å². The molecule has 3 heteroatoms. The van der Waals surface area contributed by atoms with E-state index >= 15 is 0 Å². The van der Waals surface area contributed by atoms with Gasteiger partial charge in [0.05, 0.1) is 5.69 Å². The van der Waals surface area contributed by atoms with E-state index in [0.717, 1.165) is 17.9 Å². The fourth-order valence-electron chi connectivity index (χ4n) is 4.24. The Hall–Kier alpha value is -1.90. The van der Waals surface area contributed by atoms with Gasteiger partial charge < -0.3 is 4.90 Å². The monoisotopic (exact) mass is 279 g/mol. The summed E-state index contributed by atoms with van der Waals surface area (Å²) in [5, 5.41) is 0. The highest BCUT2D eigenvalue weighted by atomic mass is 15.1. The maximum atomic E-state index is 4.68. The van der Waals surface area contributed by atoms with E-state index in [1.165, 1.54) is 42.4 Å². The van der Waals surface area contributed by atoms with Crippen LogP contribution in [-0.2, 0) is 11.8 Å². The molecule has 0 amide bonds. The maximum absolute atomic E-state index is 4.68. The Morgan fingerprint density at radius 3 is 2.57 bits per heavy atom. The summed E-state index contributed by atoms with van der Waals surface area (Å²) in [6.45, 7) is 0. The van der Waals surface area contributed by atoms with E-state index in [2.05, 4.69) is 53.2 Å². The lowest BCUT2D eigenvalue weighted by atomic mass is 9.68. The Kier molecular flexibility index (Phi) is 2.78. The molecule has 0 N–H and O–H groups in total. The fourth-order valence-corrected chi connectivity index (χ4v) is 4.24. The van der Waals surface area contributed by atoms with Crippen molar-refractivity contribution in [1.82, 2.24) is 9.97 Å². The van der Waals surface area contributed by atoms with E-state index in [0.29, 0.717) is 0 Å². The Balaban J connectivity index is 2.03. The van der Waals surface area contributed by atoms with E-state index < -0.39 is 0 Å². The number of benzene rings is 1. The van der Waals surface area contributed by atoms with Gasteiger partial charge in [0.15, 0.2) is 0 Å². The molecular weight excluding hydrogens is 258 g/mol. The molecule has 2 aliphatic rings. The Morgan fingerprint density at radius 1 is 1.05 bits per heavy atom. The van der Waals surface area contributed by atoms with Gasteiger partial charge in [-0.1, -0.05) is 37.1 Å². The molecule has 108 valence electrons. The third kappa shape index (κ3) is 1.80. The largest absolute Gasteiger partial charge is 0.362 e. The standard InChI is InChI=1S/C18H21N3/c1-21(2)17-15-16(19-12-20-17)14-8-4-3-7-13(14)11-18(15)9-5-6-10-18/h3-4,7-8,12H,5-6,9-11H2,1-2H3. The van der Waals surface area contributed by atoms with Crippen LogP contribution in [0.25, 0.3) is 11.3 Å². The quantitative estimate of drug-likeness (QED) is 0.799. The van der Waals surface area contributed by atoms with Crippen LogP contribution >= 0.6 is 0 Å². The smallest absolute Gasteiger partial charge is 0.135 e. The van der Waals surface area contributed by atoms with Gasteiger partial charge >= 0.3 is 0 Å². The van der Waals surface area contributed by atoms with Gasteiger partial charge in [0.25, 0.3) is 0 Å². The summed E-state index contributed by atoms with van der Waals surface area (Å²) in [5.41, 5.74) is 5.57. The average Bonchev–Trinajstić information content (AvgIpc) is 2.96. The summed E-state index contributed by atoms with van der Waals surface area (Å²) in [6, 6.07) is 8.76. The number of nitrogens with zero attached hydrogens (tertiary/aromatic N) is 3. The third-order valence-corrected chi connectivity index (χ3v) is 5.14. The van der Waals surface area contributed by atoms with Crippen LogP contribution in [0.2, 0.25) is 0 Å². The molecular formula is C18H21N3. The summed E-state index contributed by atoms with van der Waals surface area (Å²) in [7, 11) is 4.18. The number of anilines is 1. The number of fused-ring (bicyclic) bond motifs is 4. The minimum absolute atomic E-state index is 0.255. The normalized spacial score (nSPS) is 18.4. The second-order valence-electron chi connectivity index (χ2n) is 6.64. The molecule has 1 spiro atoms. The van der Waals surface area contributed by atoms with Gasteiger partial charge in [-0.2, -0.15) is 0 Å². The molecule has 4 rings (SSSR count). The predicted molar refractivity (Wildman–Crippen MR) is 85.6 cm³/mol. The van der Waals surface area contributed by atoms with Crippen molar-refractivity contribution in [2.24, 2.45) is 0 Å². The van der Waals surface area contributed by atoms with Crippen molar-refractivity contribution in [2.45, 2.75) is 37.5 Å². The van der Waals surface area contributed by atoms with Crippen molar-refractivity contribution in [3.05, 3.63) is 41.7 Å². The van der Waals surface area contributed by atoms with Crippen LogP contribution in [0.4, 0.5) is 5.82 Å². The minimum atomic E-state index is 0.255. The topological polar surface area (TPSA) is 29.0 Å². The van der Waals surface area contributed by atoms with Crippen LogP contribution in [0, 0.1) is 0 Å². The highest BCUT2D eigenvalue weighted by Crippen LogP contribution is 2.53. The molecule has 0 saturated heterocycles. The summed E-state index contributed by atoms with van der Waals surface area (Å²) in [6.07, 6.45) is 8.04. The van der Waals surface area contributed by atoms with Crippen molar-refractivity contribution in [2.75, 3.05) is 19.0 Å². The van der Waals surface area contributed by atoms with Crippen LogP contribution in [0.5, 0.6) is 0 Å². The molecule has 1 fully saturated rings. The Labute approximate surface area is 126 Å². The van der Waals surface area contributed by atoms with Crippen LogP contribution in [0.1, 0.15) is 36.8 Å². The first kappa shape index (κ1) is 12.8. The van der Waals surface area contributed by atoms with Gasteiger partial charge in [-0.3, -0.25) is 0 Å². The van der Waals surface area contributed by atoms with Gasteiger partial charge in [-0.05, 0) is 24.8 Å². The molecule has 3 nitrogen and oxygen atoms in total. The van der Waals surface area contributed by atoms with Gasteiger partial charge in [0, 0.05) is 30.6 Å². The highest BCUT2D eigenvalue weighted by Gasteiger charge is 2.44. The van der Waals surface area contributed by atoms with Crippen molar-refractivity contribution < 1.29 is 0 Å². The average molecular weight is 279 g/mol. The molecule has 0 radical (unpaired) electrons. The summed E-state index contributed by atoms with van der Waals surface area (Å²) >= 11 is 0. The van der Waals surface area contributed by atoms with Crippen LogP contribution < -0.4 is 4.90 Å². The molecule has 0 aliphatic heterocycles. The molecule has 0 unspecified atom stereocenters. The van der Waals surface area contributed by atoms with Crippen LogP contribution in [0.15, 0.2) is 30.6 Å². The molecule has 0 atom stereocenters. The first-order chi connectivity index (χ1) is 10.2. The van der Waals surface area contributed by atoms with Crippen LogP contribution in [0.3, 0.4) is 0 Å². The van der Waals surface area contributed by atoms with E-state index in [-0.39, 0.29) is 5.41 Å². The van der Waals surface area contributed by atoms with Crippen molar-refractivity contribution in [1.29, 1.82) is 0 Å². The zero-order chi connectivity index (χ0) is 14.4. The zero-order valence-electron chi connectivity index (χ0n) is 12.8. The van der Waals surface area contributed by atoms with Crippen molar-refractivity contribution >= 4 is 5.82 Å². The third-order valence-electron chi connectivity index (χ3n) is 5.14. The molecule has 0 bridgehead atoms. The molecule has 1 saturated carbocycles. The van der Waals surface area contributed by atoms with Gasteiger partial charge in [0.1, 0.15) is 12.1 Å². The first-order valence-corrected chi connectivity index (χ1v) is 7.82. The number of hydrogen-bond acceptors (Lipinski definition) is 3. The van der Waals surface area contributed by atoms with E-state index in [1.54, 1.807) is 6.33 Å². The van der Waals surface area contributed by atoms with Crippen molar-refractivity contribution in [3.63, 3.8) is 0 Å². The van der Waals surface area contributed by atoms with E-state index in [4.69, 9.17) is 0 Å². The van der Waals surface area contributed by atoms with Gasteiger partial charge in [0.2, 0.25) is 0 Å². The predicted octanol–water partition coefficient (Wildman–Crippen LogP) is 3.58. The molecule has 2 aromatic rings. The van der Waals surface area contributed by atoms with Gasteiger partial charge in [-0.25, -0.2) is 9.97 Å². The number of hydrogen-bond donors (Lipinski definition) is 0. The van der Waals surface area contributed by atoms with Crippen LogP contribution in [-0.4, -0.2) is 24.1 Å². The Morgan fingerprint density at radius 2 is 1.81 bits per heavy atom. The second kappa shape index (κ2) is 4.55. The molecule has 1 heterocycles. The molecule has 1 aromatic carbocycles. The fraction of sp³-hybridized carbons (Fsp3) is 0.444. The number of rotatable bonds is 1. The molecule has 21 heavy (non-hydrogen) atoms. The highest BCUT2D eigenvalue weighted by molar-refractivity contribution is 5.76. The minimum Gasteiger partial charge on any atom is -0.362 e. The summed E-state index contributed by atoms with van der Waals surface area (Å²) < 4.78 is 0. The lowest BCUT2D eigenvalue weighted by Crippen LogP contribution is -2.33. The lowest BCUT2D eigenvalue weighted by Gasteiger charge is -2.38. The zero-order valence-corrected chi connectivity index (χ0v) is 12.8. The number of aromatic nitrogens is 2. The first-order valence-electron chi connectivity index (χ1n) is 7.82. The van der Waals surface area contributed by atoms with Gasteiger partial charge in [-0.15, -0.1) is 0 Å². The maximum Gasteiger partial charge on any atom is 0.135 e. The Bertz CT molecular complexity index is 685. The SMILES string of the molecule is CN(C)c1ncnc2c1C1(CCCC1)Cc1ccccc1-2. The van der Waals surface area contributed by atoms with E-state index in [9.17, 15) is 0 Å². The lowest BCUT2D eigenvalue weighted by molar-refractivity contribution is 0.431. The van der Waals surface area contributed by atoms with E-state index in [1.807, 2.05) is 0 Å². The summed E-state index contributed by atoms with van der Waals surface area (Å²) in [4.78, 5) is 11.4. The summed E-state index contributed by atoms with van der Waals surface area (Å²) in [5.74, 6) is 1.11. The second-order valence-corrected chi connectivity index (χ2v) is 6.64. The molecule has 2 aliphatic carbocycles.